The molecule has 11 atom stereocenters. The molecule has 1 aliphatic carbocycles. The Bertz CT molecular complexity index is 1920. The molecule has 11 unspecified atom stereocenters. The molecule has 3 aliphatic heterocycles. The van der Waals surface area contributed by atoms with Crippen molar-refractivity contribution in [3.05, 3.63) is 94.7 Å². The predicted octanol–water partition coefficient (Wildman–Crippen LogP) is -1.26. The molecule has 296 valence electrons. The Morgan fingerprint density at radius 1 is 0.709 bits per heavy atom. The lowest BCUT2D eigenvalue weighted by Crippen LogP contribution is -2.59. The lowest BCUT2D eigenvalue weighted by Gasteiger charge is -2.41. The number of benzene rings is 2. The first-order valence-electron chi connectivity index (χ1n) is 16.6. The van der Waals surface area contributed by atoms with Crippen LogP contribution in [0.5, 0.6) is 23.0 Å². The number of aliphatic hydroxyl groups is 8. The fraction of sp³-hybridized carbons (Fsp3) is 0.361. The molecule has 4 aliphatic rings. The third-order valence-corrected chi connectivity index (χ3v) is 8.99. The Balaban J connectivity index is 1.27. The summed E-state index contributed by atoms with van der Waals surface area (Å²) in [5, 5.41) is 123. The molecule has 2 aromatic rings. The van der Waals surface area contributed by atoms with Crippen molar-refractivity contribution in [2.24, 2.45) is 0 Å². The first-order valence-corrected chi connectivity index (χ1v) is 16.6. The second-order valence-electron chi connectivity index (χ2n) is 12.8. The van der Waals surface area contributed by atoms with Crippen molar-refractivity contribution in [2.75, 3.05) is 13.2 Å². The lowest BCUT2D eigenvalue weighted by atomic mass is 9.96. The van der Waals surface area contributed by atoms with Crippen molar-refractivity contribution in [1.29, 1.82) is 0 Å². The minimum atomic E-state index is -1.93. The highest BCUT2D eigenvalue weighted by Gasteiger charge is 2.48. The van der Waals surface area contributed by atoms with Gasteiger partial charge in [0.1, 0.15) is 73.1 Å². The van der Waals surface area contributed by atoms with Crippen molar-refractivity contribution in [2.45, 2.75) is 67.5 Å². The Hall–Kier alpha value is -5.35. The van der Waals surface area contributed by atoms with Gasteiger partial charge in [0.25, 0.3) is 0 Å². The zero-order valence-corrected chi connectivity index (χ0v) is 28.3. The highest BCUT2D eigenvalue weighted by molar-refractivity contribution is 5.87. The van der Waals surface area contributed by atoms with Crippen LogP contribution < -0.4 is 0 Å². The zero-order valence-electron chi connectivity index (χ0n) is 28.3. The molecule has 19 nitrogen and oxygen atoms in total. The summed E-state index contributed by atoms with van der Waals surface area (Å²) in [6, 6.07) is 7.37. The van der Waals surface area contributed by atoms with E-state index in [9.17, 15) is 66.1 Å². The third kappa shape index (κ3) is 8.34. The quantitative estimate of drug-likeness (QED) is 0.0761. The van der Waals surface area contributed by atoms with Crippen LogP contribution in [0, 0.1) is 0 Å². The molecule has 0 spiro atoms. The minimum absolute atomic E-state index is 0.0709. The highest BCUT2D eigenvalue weighted by atomic mass is 16.7. The number of hydrogen-bond acceptors (Lipinski definition) is 19. The number of rotatable bonds is 10. The van der Waals surface area contributed by atoms with E-state index in [0.29, 0.717) is 5.56 Å². The van der Waals surface area contributed by atoms with Gasteiger partial charge in [0.15, 0.2) is 34.5 Å². The molecule has 0 amide bonds. The molecule has 2 fully saturated rings. The van der Waals surface area contributed by atoms with Gasteiger partial charge >= 0.3 is 5.97 Å². The fourth-order valence-corrected chi connectivity index (χ4v) is 5.95. The Labute approximate surface area is 310 Å². The Morgan fingerprint density at radius 2 is 1.33 bits per heavy atom. The van der Waals surface area contributed by atoms with E-state index in [1.807, 2.05) is 0 Å². The maximum absolute atomic E-state index is 12.5. The van der Waals surface area contributed by atoms with Gasteiger partial charge in [0.2, 0.25) is 12.6 Å². The van der Waals surface area contributed by atoms with Gasteiger partial charge in [-0.1, -0.05) is 6.07 Å². The average Bonchev–Trinajstić information content (AvgIpc) is 3.16. The maximum atomic E-state index is 12.5. The minimum Gasteiger partial charge on any atom is -0.508 e. The third-order valence-electron chi connectivity index (χ3n) is 8.99. The first-order chi connectivity index (χ1) is 26.1. The number of ether oxygens (including phenoxy) is 6. The molecule has 3 heterocycles. The monoisotopic (exact) mass is 774 g/mol. The van der Waals surface area contributed by atoms with E-state index in [4.69, 9.17) is 28.4 Å². The Kier molecular flexibility index (Phi) is 11.6. The summed E-state index contributed by atoms with van der Waals surface area (Å²) in [6.07, 6.45) is -12.6. The van der Waals surface area contributed by atoms with Crippen LogP contribution in [-0.2, 0) is 33.2 Å². The fourth-order valence-electron chi connectivity index (χ4n) is 5.95. The molecule has 0 aromatic heterocycles. The van der Waals surface area contributed by atoms with Crippen molar-refractivity contribution in [1.82, 2.24) is 0 Å². The van der Waals surface area contributed by atoms with E-state index in [0.717, 1.165) is 24.3 Å². The number of fused-ring (bicyclic) bond motifs is 1. The average molecular weight is 775 g/mol. The lowest BCUT2D eigenvalue weighted by molar-refractivity contribution is -0.292. The van der Waals surface area contributed by atoms with Gasteiger partial charge in [-0.15, -0.1) is 0 Å². The maximum Gasteiger partial charge on any atom is 0.330 e. The summed E-state index contributed by atoms with van der Waals surface area (Å²) in [5.41, 5.74) is 0.497. The van der Waals surface area contributed by atoms with Gasteiger partial charge in [0.05, 0.1) is 6.61 Å². The van der Waals surface area contributed by atoms with Crippen LogP contribution in [-0.4, -0.2) is 148 Å². The molecule has 12 N–H and O–H groups in total. The number of hydrogen-bond donors (Lipinski definition) is 12. The van der Waals surface area contributed by atoms with Gasteiger partial charge < -0.3 is 89.7 Å². The van der Waals surface area contributed by atoms with Crippen LogP contribution in [0.25, 0.3) is 11.8 Å². The van der Waals surface area contributed by atoms with Gasteiger partial charge in [-0.05, 0) is 48.0 Å². The number of phenolic OH excluding ortho intramolecular Hbond substituents is 4. The molecule has 2 aromatic carbocycles. The van der Waals surface area contributed by atoms with Crippen molar-refractivity contribution >= 4 is 17.8 Å². The summed E-state index contributed by atoms with van der Waals surface area (Å²) in [6.45, 7) is -1.41. The van der Waals surface area contributed by atoms with Crippen LogP contribution in [0.4, 0.5) is 0 Å². The highest BCUT2D eigenvalue weighted by Crippen LogP contribution is 2.41. The van der Waals surface area contributed by atoms with Crippen molar-refractivity contribution < 1.29 is 94.5 Å². The van der Waals surface area contributed by atoms with Gasteiger partial charge in [-0.2, -0.15) is 0 Å². The molecule has 2 saturated heterocycles. The topological polar surface area (TPSA) is 315 Å². The summed E-state index contributed by atoms with van der Waals surface area (Å²) < 4.78 is 34.3. The van der Waals surface area contributed by atoms with E-state index < -0.39 is 110 Å². The number of esters is 1. The normalized spacial score (nSPS) is 32.1. The smallest absolute Gasteiger partial charge is 0.330 e. The molecule has 0 saturated carbocycles. The van der Waals surface area contributed by atoms with Gasteiger partial charge in [0, 0.05) is 29.4 Å². The molecule has 55 heavy (non-hydrogen) atoms. The van der Waals surface area contributed by atoms with Crippen LogP contribution in [0.2, 0.25) is 0 Å². The number of allylic oxidation sites excluding steroid dienone is 2. The largest absolute Gasteiger partial charge is 0.508 e. The standard InChI is InChI=1S/C36H38O19/c37-12-25-28(44)30(46)32(48)35(54-25)52-23-10-16(38)9-22-17(23)11-24(34(51-22)15-3-5-19(40)21(42)8-15)53-36-33(49)31(47)29(45)26(55-36)13-50-27(43)6-2-14-1-4-18(39)20(41)7-14/h1-11,22,25-26,28-33,35-42,44-49H,12-13H2. The van der Waals surface area contributed by atoms with Crippen molar-refractivity contribution in [3.63, 3.8) is 0 Å². The summed E-state index contributed by atoms with van der Waals surface area (Å²) >= 11 is 0. The second-order valence-corrected chi connectivity index (χ2v) is 12.8. The number of aromatic hydroxyl groups is 4. The molecule has 0 bridgehead atoms. The SMILES string of the molecule is O=C(C=Cc1ccc(O)c(O)c1)OCC1OC(OC2=C(c3ccc(O)c(O)c3)OC3C=C(O)C=C(OC4OC(CO)C(O)C(O)C4O)C3=C2)C(O)C(O)C1O. The number of carbonyl (C=O) groups is 1. The summed E-state index contributed by atoms with van der Waals surface area (Å²) in [4.78, 5) is 12.5. The van der Waals surface area contributed by atoms with Crippen LogP contribution in [0.3, 0.4) is 0 Å². The van der Waals surface area contributed by atoms with Gasteiger partial charge in [-0.25, -0.2) is 4.79 Å². The molecule has 6 rings (SSSR count). The van der Waals surface area contributed by atoms with E-state index in [1.165, 1.54) is 42.5 Å². The number of aliphatic hydroxyl groups excluding tert-OH is 8. The number of carbonyl (C=O) groups excluding carboxylic acids is 1. The predicted molar refractivity (Wildman–Crippen MR) is 181 cm³/mol. The molecule has 0 radical (unpaired) electrons. The Morgan fingerprint density at radius 3 is 1.98 bits per heavy atom. The summed E-state index contributed by atoms with van der Waals surface area (Å²) in [7, 11) is 0. The van der Waals surface area contributed by atoms with Crippen LogP contribution in [0.1, 0.15) is 11.1 Å². The van der Waals surface area contributed by atoms with Crippen LogP contribution >= 0.6 is 0 Å². The van der Waals surface area contributed by atoms with Crippen LogP contribution in [0.15, 0.2) is 83.6 Å². The molecule has 19 heteroatoms. The molecular weight excluding hydrogens is 736 g/mol. The first kappa shape index (κ1) is 39.3. The second kappa shape index (κ2) is 16.2. The van der Waals surface area contributed by atoms with E-state index in [2.05, 4.69) is 0 Å². The van der Waals surface area contributed by atoms with E-state index >= 15 is 0 Å². The summed E-state index contributed by atoms with van der Waals surface area (Å²) in [5.74, 6) is -3.83. The van der Waals surface area contributed by atoms with E-state index in [1.54, 1.807) is 0 Å². The molecular formula is C36H38O19. The number of phenols is 4. The van der Waals surface area contributed by atoms with E-state index in [-0.39, 0.29) is 34.2 Å². The zero-order chi connectivity index (χ0) is 39.7. The van der Waals surface area contributed by atoms with Crippen molar-refractivity contribution in [3.8, 4) is 23.0 Å². The van der Waals surface area contributed by atoms with Gasteiger partial charge in [-0.3, -0.25) is 0 Å².